The molecule has 1 aromatic heterocycles. The van der Waals surface area contributed by atoms with Gasteiger partial charge in [-0.1, -0.05) is 30.3 Å². The third kappa shape index (κ3) is 3.76. The molecule has 4 aliphatic rings. The number of anilines is 1. The van der Waals surface area contributed by atoms with Crippen LogP contribution in [0.2, 0.25) is 0 Å². The molecule has 0 unspecified atom stereocenters. The van der Waals surface area contributed by atoms with Gasteiger partial charge in [-0.25, -0.2) is 8.42 Å². The first-order valence-corrected chi connectivity index (χ1v) is 13.1. The highest BCUT2D eigenvalue weighted by Crippen LogP contribution is 2.57. The Balaban J connectivity index is 1.36. The van der Waals surface area contributed by atoms with Gasteiger partial charge in [0.1, 0.15) is 16.8 Å². The minimum atomic E-state index is -2.44. The van der Waals surface area contributed by atoms with Gasteiger partial charge in [-0.2, -0.15) is 5.26 Å². The molecule has 7 rings (SSSR count). The molecule has 0 atom stereocenters. The van der Waals surface area contributed by atoms with E-state index in [2.05, 4.69) is 21.6 Å². The van der Waals surface area contributed by atoms with Gasteiger partial charge >= 0.3 is 0 Å². The zero-order valence-corrected chi connectivity index (χ0v) is 19.2. The van der Waals surface area contributed by atoms with Gasteiger partial charge in [-0.3, -0.25) is 0 Å². The van der Waals surface area contributed by atoms with Gasteiger partial charge in [-0.05, 0) is 85.1 Å². The normalized spacial score (nSPS) is 27.7. The van der Waals surface area contributed by atoms with Crippen LogP contribution in [-0.2, 0) is 16.5 Å². The Labute approximate surface area is 195 Å². The third-order valence-corrected chi connectivity index (χ3v) is 8.52. The number of nitrogens with one attached hydrogen (secondary N) is 1. The summed E-state index contributed by atoms with van der Waals surface area (Å²) < 4.78 is 22.0. The number of benzene rings is 2. The molecule has 0 radical (unpaired) electrons. The smallest absolute Gasteiger partial charge is 0.186 e. The maximum atomic E-state index is 11.0. The molecule has 4 aliphatic carbocycles. The summed E-state index contributed by atoms with van der Waals surface area (Å²) in [7, 11) is -2.44. The second-order valence-corrected chi connectivity index (χ2v) is 11.3. The number of hydrogen-bond acceptors (Lipinski definition) is 6. The van der Waals surface area contributed by atoms with Crippen molar-refractivity contribution >= 4 is 27.3 Å². The van der Waals surface area contributed by atoms with Crippen LogP contribution in [0.5, 0.6) is 0 Å². The molecule has 0 spiro atoms. The zero-order chi connectivity index (χ0) is 22.6. The van der Waals surface area contributed by atoms with Crippen LogP contribution in [0.3, 0.4) is 0 Å². The van der Waals surface area contributed by atoms with Crippen LogP contribution in [0.1, 0.15) is 49.8 Å². The lowest BCUT2D eigenvalue weighted by atomic mass is 9.53. The van der Waals surface area contributed by atoms with Crippen molar-refractivity contribution in [1.82, 2.24) is 10.2 Å². The van der Waals surface area contributed by atoms with E-state index < -0.39 is 10.7 Å². The van der Waals surface area contributed by atoms with E-state index >= 15 is 0 Å². The van der Waals surface area contributed by atoms with Crippen LogP contribution >= 0.6 is 0 Å². The highest BCUT2D eigenvalue weighted by atomic mass is 32.2. The first kappa shape index (κ1) is 20.6. The molecule has 4 bridgehead atoms. The monoisotopic (exact) mass is 458 g/mol. The van der Waals surface area contributed by atoms with Crippen molar-refractivity contribution in [3.63, 3.8) is 0 Å². The highest BCUT2D eigenvalue weighted by molar-refractivity contribution is 7.71. The van der Waals surface area contributed by atoms with Gasteiger partial charge in [0.15, 0.2) is 5.69 Å². The fraction of sp³-hybridized carbons (Fsp3) is 0.423. The molecule has 6 nitrogen and oxygen atoms in total. The van der Waals surface area contributed by atoms with E-state index in [0.29, 0.717) is 5.69 Å². The van der Waals surface area contributed by atoms with Crippen LogP contribution in [-0.4, -0.2) is 24.2 Å². The summed E-state index contributed by atoms with van der Waals surface area (Å²) in [4.78, 5) is 0. The Morgan fingerprint density at radius 3 is 2.18 bits per heavy atom. The predicted octanol–water partition coefficient (Wildman–Crippen LogP) is 4.66. The summed E-state index contributed by atoms with van der Waals surface area (Å²) in [5.74, 6) is 2.48. The maximum Gasteiger partial charge on any atom is 0.186 e. The van der Waals surface area contributed by atoms with Crippen LogP contribution in [0.25, 0.3) is 22.0 Å². The number of nitriles is 1. The van der Waals surface area contributed by atoms with E-state index in [1.54, 1.807) is 0 Å². The minimum Gasteiger partial charge on any atom is -0.377 e. The number of fused-ring (bicyclic) bond motifs is 1. The Hall–Kier alpha value is -2.98. The zero-order valence-electron chi connectivity index (χ0n) is 18.3. The van der Waals surface area contributed by atoms with Crippen molar-refractivity contribution in [3.05, 3.63) is 53.7 Å². The van der Waals surface area contributed by atoms with Crippen molar-refractivity contribution in [3.8, 4) is 17.2 Å². The van der Waals surface area contributed by atoms with Crippen LogP contribution in [0, 0.1) is 29.1 Å². The standard InChI is InChI=1S/C26H26N4O2S/c27-14-24-25(28-26-11-17-7-18(12-26)9-19(8-17)13-26)22-6-5-21(10-23(22)29-30-24)20-3-1-16(2-4-20)15-33(31)32/h1-6,10,17-19,33H,7-9,11-13,15H2,(H,28,29). The van der Waals surface area contributed by atoms with E-state index in [0.717, 1.165) is 51.0 Å². The first-order chi connectivity index (χ1) is 16.0. The third-order valence-electron chi connectivity index (χ3n) is 7.89. The molecule has 1 N–H and O–H groups in total. The fourth-order valence-corrected chi connectivity index (χ4v) is 7.48. The van der Waals surface area contributed by atoms with Gasteiger partial charge in [0.25, 0.3) is 0 Å². The molecule has 33 heavy (non-hydrogen) atoms. The summed E-state index contributed by atoms with van der Waals surface area (Å²) >= 11 is 0. The second-order valence-electron chi connectivity index (χ2n) is 10.3. The fourth-order valence-electron chi connectivity index (χ4n) is 6.97. The summed E-state index contributed by atoms with van der Waals surface area (Å²) in [6.07, 6.45) is 7.67. The van der Waals surface area contributed by atoms with Gasteiger partial charge in [0.2, 0.25) is 0 Å². The lowest BCUT2D eigenvalue weighted by Gasteiger charge is -2.57. The number of nitrogens with zero attached hydrogens (tertiary/aromatic N) is 3. The maximum absolute atomic E-state index is 11.0. The molecule has 168 valence electrons. The number of aromatic nitrogens is 2. The van der Waals surface area contributed by atoms with Crippen LogP contribution < -0.4 is 5.32 Å². The van der Waals surface area contributed by atoms with Crippen molar-refractivity contribution in [1.29, 1.82) is 5.26 Å². The second kappa shape index (κ2) is 7.81. The van der Waals surface area contributed by atoms with Gasteiger partial charge in [0.05, 0.1) is 17.0 Å². The van der Waals surface area contributed by atoms with E-state index in [4.69, 9.17) is 0 Å². The summed E-state index contributed by atoms with van der Waals surface area (Å²) in [6.45, 7) is 0. The van der Waals surface area contributed by atoms with Crippen LogP contribution in [0.4, 0.5) is 5.69 Å². The lowest BCUT2D eigenvalue weighted by molar-refractivity contribution is 0.0107. The van der Waals surface area contributed by atoms with Gasteiger partial charge in [0, 0.05) is 10.9 Å². The molecule has 0 amide bonds. The molecule has 4 fully saturated rings. The van der Waals surface area contributed by atoms with Crippen molar-refractivity contribution in [2.45, 2.75) is 49.8 Å². The molecule has 0 saturated heterocycles. The van der Waals surface area contributed by atoms with E-state index in [1.165, 1.54) is 38.5 Å². The van der Waals surface area contributed by atoms with Gasteiger partial charge < -0.3 is 5.32 Å². The topological polar surface area (TPSA) is 95.7 Å². The molecule has 0 aliphatic heterocycles. The van der Waals surface area contributed by atoms with Gasteiger partial charge in [-0.15, -0.1) is 10.2 Å². The Bertz CT molecular complexity index is 1310. The highest BCUT2D eigenvalue weighted by Gasteiger charge is 2.51. The number of rotatable bonds is 5. The molecule has 3 aromatic rings. The van der Waals surface area contributed by atoms with Crippen molar-refractivity contribution < 1.29 is 8.42 Å². The summed E-state index contributed by atoms with van der Waals surface area (Å²) in [6, 6.07) is 15.9. The lowest BCUT2D eigenvalue weighted by Crippen LogP contribution is -2.54. The Kier molecular flexibility index (Phi) is 4.88. The van der Waals surface area contributed by atoms with E-state index in [1.807, 2.05) is 42.5 Å². The van der Waals surface area contributed by atoms with E-state index in [9.17, 15) is 13.7 Å². The first-order valence-electron chi connectivity index (χ1n) is 11.7. The molecular formula is C26H26N4O2S. The summed E-state index contributed by atoms with van der Waals surface area (Å²) in [5, 5.41) is 23.2. The average molecular weight is 459 g/mol. The Morgan fingerprint density at radius 1 is 0.939 bits per heavy atom. The molecule has 7 heteroatoms. The molecule has 4 saturated carbocycles. The van der Waals surface area contributed by atoms with Crippen molar-refractivity contribution in [2.24, 2.45) is 17.8 Å². The number of hydrogen-bond donors (Lipinski definition) is 2. The summed E-state index contributed by atoms with van der Waals surface area (Å²) in [5.41, 5.74) is 4.77. The predicted molar refractivity (Wildman–Crippen MR) is 128 cm³/mol. The van der Waals surface area contributed by atoms with E-state index in [-0.39, 0.29) is 11.3 Å². The average Bonchev–Trinajstić information content (AvgIpc) is 2.78. The quantitative estimate of drug-likeness (QED) is 0.540. The Morgan fingerprint density at radius 2 is 1.58 bits per heavy atom. The van der Waals surface area contributed by atoms with Crippen molar-refractivity contribution in [2.75, 3.05) is 5.32 Å². The van der Waals surface area contributed by atoms with Crippen LogP contribution in [0.15, 0.2) is 42.5 Å². The molecule has 1 heterocycles. The molecule has 2 aromatic carbocycles. The molecular weight excluding hydrogens is 432 g/mol. The number of thiol groups is 1. The largest absolute Gasteiger partial charge is 0.377 e. The minimum absolute atomic E-state index is 0.0507. The SMILES string of the molecule is N#Cc1nnc2cc(-c3ccc(C[SH](=O)=O)cc3)ccc2c1NC12CC3CC(CC(C3)C1)C2.